The molecule has 0 N–H and O–H groups in total. The Bertz CT molecular complexity index is 647. The minimum atomic E-state index is -1.73. The fraction of sp³-hybridized carbons (Fsp3) is 0.333. The second-order valence-corrected chi connectivity index (χ2v) is 5.54. The van der Waals surface area contributed by atoms with Crippen LogP contribution >= 0.6 is 0 Å². The van der Waals surface area contributed by atoms with Crippen LogP contribution in [0.15, 0.2) is 23.3 Å². The summed E-state index contributed by atoms with van der Waals surface area (Å²) in [6.45, 7) is 5.26. The fourth-order valence-electron chi connectivity index (χ4n) is 3.56. The summed E-state index contributed by atoms with van der Waals surface area (Å²) in [7, 11) is 0. The molecule has 0 unspecified atom stereocenters. The molecular weight excluding hydrogens is 256 g/mol. The molecule has 0 heterocycles. The van der Waals surface area contributed by atoms with Crippen molar-refractivity contribution in [1.82, 2.24) is 0 Å². The van der Waals surface area contributed by atoms with Crippen LogP contribution in [0.4, 0.5) is 17.6 Å². The predicted molar refractivity (Wildman–Crippen MR) is 63.9 cm³/mol. The maximum atomic E-state index is 14.1. The Labute approximate surface area is 108 Å². The van der Waals surface area contributed by atoms with Gasteiger partial charge in [-0.15, -0.1) is 0 Å². The lowest BCUT2D eigenvalue weighted by Gasteiger charge is -2.42. The minimum Gasteiger partial charge on any atom is -0.203 e. The quantitative estimate of drug-likeness (QED) is 0.281. The number of hydrogen-bond acceptors (Lipinski definition) is 0. The molecule has 3 aliphatic carbocycles. The van der Waals surface area contributed by atoms with Crippen molar-refractivity contribution >= 4 is 0 Å². The van der Waals surface area contributed by atoms with Gasteiger partial charge in [0.15, 0.2) is 23.3 Å². The molecule has 0 saturated heterocycles. The summed E-state index contributed by atoms with van der Waals surface area (Å²) >= 11 is 0. The minimum absolute atomic E-state index is 0.0566. The first-order valence-corrected chi connectivity index (χ1v) is 6.03. The summed E-state index contributed by atoms with van der Waals surface area (Å²) < 4.78 is 55.0. The van der Waals surface area contributed by atoms with Crippen molar-refractivity contribution in [1.29, 1.82) is 0 Å². The molecule has 0 fully saturated rings. The lowest BCUT2D eigenvalue weighted by Crippen LogP contribution is -2.34. The van der Waals surface area contributed by atoms with Crippen molar-refractivity contribution in [2.24, 2.45) is 0 Å². The Morgan fingerprint density at radius 3 is 1.84 bits per heavy atom. The van der Waals surface area contributed by atoms with Gasteiger partial charge in [-0.3, -0.25) is 0 Å². The topological polar surface area (TPSA) is 0 Å². The second-order valence-electron chi connectivity index (χ2n) is 5.54. The molecule has 4 heteroatoms. The molecule has 0 atom stereocenters. The Morgan fingerprint density at radius 1 is 0.842 bits per heavy atom. The zero-order valence-electron chi connectivity index (χ0n) is 10.7. The van der Waals surface area contributed by atoms with Gasteiger partial charge in [-0.05, 0) is 20.8 Å². The zero-order valence-corrected chi connectivity index (χ0v) is 10.7. The van der Waals surface area contributed by atoms with Gasteiger partial charge < -0.3 is 0 Å². The average molecular weight is 268 g/mol. The van der Waals surface area contributed by atoms with E-state index in [0.29, 0.717) is 0 Å². The van der Waals surface area contributed by atoms with E-state index in [0.717, 1.165) is 11.1 Å². The van der Waals surface area contributed by atoms with Crippen molar-refractivity contribution in [2.45, 2.75) is 32.1 Å². The molecule has 0 radical (unpaired) electrons. The van der Waals surface area contributed by atoms with Gasteiger partial charge in [-0.1, -0.05) is 23.3 Å². The van der Waals surface area contributed by atoms with Crippen molar-refractivity contribution in [3.8, 4) is 0 Å². The summed E-state index contributed by atoms with van der Waals surface area (Å²) in [4.78, 5) is 0. The van der Waals surface area contributed by atoms with Gasteiger partial charge in [-0.25, -0.2) is 17.6 Å². The highest BCUT2D eigenvalue weighted by atomic mass is 19.2. The first-order valence-electron chi connectivity index (χ1n) is 6.03. The predicted octanol–water partition coefficient (Wildman–Crippen LogP) is 4.50. The van der Waals surface area contributed by atoms with Gasteiger partial charge in [0.05, 0.1) is 0 Å². The summed E-state index contributed by atoms with van der Waals surface area (Å²) in [6, 6.07) is 0. The molecule has 3 aliphatic rings. The molecule has 19 heavy (non-hydrogen) atoms. The SMILES string of the molecule is CC1=CC2(C)C=C(C)C1c1c(F)c(F)c(F)c(F)c12. The highest BCUT2D eigenvalue weighted by molar-refractivity contribution is 5.60. The van der Waals surface area contributed by atoms with Crippen LogP contribution in [-0.2, 0) is 5.41 Å². The van der Waals surface area contributed by atoms with Gasteiger partial charge in [-0.2, -0.15) is 0 Å². The van der Waals surface area contributed by atoms with Gasteiger partial charge in [0.1, 0.15) is 0 Å². The summed E-state index contributed by atoms with van der Waals surface area (Å²) in [5.74, 6) is -6.52. The molecule has 100 valence electrons. The van der Waals surface area contributed by atoms with Crippen molar-refractivity contribution in [3.63, 3.8) is 0 Å². The van der Waals surface area contributed by atoms with E-state index >= 15 is 0 Å². The van der Waals surface area contributed by atoms with Crippen LogP contribution in [0.2, 0.25) is 0 Å². The molecule has 0 spiro atoms. The Kier molecular flexibility index (Phi) is 2.29. The van der Waals surface area contributed by atoms with Crippen LogP contribution in [0.3, 0.4) is 0 Å². The van der Waals surface area contributed by atoms with E-state index in [1.165, 1.54) is 0 Å². The van der Waals surface area contributed by atoms with Gasteiger partial charge >= 0.3 is 0 Å². The third-order valence-corrected chi connectivity index (χ3v) is 4.10. The second kappa shape index (κ2) is 3.50. The Balaban J connectivity index is 2.47. The van der Waals surface area contributed by atoms with Crippen LogP contribution in [0.5, 0.6) is 0 Å². The van der Waals surface area contributed by atoms with E-state index in [4.69, 9.17) is 0 Å². The lowest BCUT2D eigenvalue weighted by atomic mass is 9.61. The van der Waals surface area contributed by atoms with Crippen LogP contribution < -0.4 is 0 Å². The normalized spacial score (nSPS) is 28.1. The zero-order chi connectivity index (χ0) is 14.1. The molecule has 0 amide bonds. The number of benzene rings is 1. The third kappa shape index (κ3) is 1.34. The first-order chi connectivity index (χ1) is 8.78. The van der Waals surface area contributed by atoms with Gasteiger partial charge in [0, 0.05) is 22.5 Å². The number of rotatable bonds is 0. The van der Waals surface area contributed by atoms with Gasteiger partial charge in [0.25, 0.3) is 0 Å². The summed E-state index contributed by atoms with van der Waals surface area (Å²) in [5, 5.41) is 0. The highest BCUT2D eigenvalue weighted by Gasteiger charge is 2.45. The number of allylic oxidation sites excluding steroid dienone is 4. The lowest BCUT2D eigenvalue weighted by molar-refractivity contribution is 0.385. The maximum Gasteiger partial charge on any atom is 0.197 e. The number of halogens is 4. The number of hydrogen-bond donors (Lipinski definition) is 0. The highest BCUT2D eigenvalue weighted by Crippen LogP contribution is 2.53. The maximum absolute atomic E-state index is 14.1. The molecule has 1 aromatic carbocycles. The van der Waals surface area contributed by atoms with Crippen molar-refractivity contribution in [3.05, 3.63) is 57.7 Å². The summed E-state index contributed by atoms with van der Waals surface area (Å²) in [6.07, 6.45) is 3.57. The van der Waals surface area contributed by atoms with Gasteiger partial charge in [0.2, 0.25) is 0 Å². The van der Waals surface area contributed by atoms with Crippen LogP contribution in [0.25, 0.3) is 0 Å². The van der Waals surface area contributed by atoms with Crippen molar-refractivity contribution in [2.75, 3.05) is 0 Å². The van der Waals surface area contributed by atoms with Crippen molar-refractivity contribution < 1.29 is 17.6 Å². The third-order valence-electron chi connectivity index (χ3n) is 4.10. The van der Waals surface area contributed by atoms with E-state index in [-0.39, 0.29) is 11.1 Å². The van der Waals surface area contributed by atoms with E-state index in [1.54, 1.807) is 32.9 Å². The molecule has 0 saturated carbocycles. The first kappa shape index (κ1) is 12.5. The fourth-order valence-corrected chi connectivity index (χ4v) is 3.56. The molecular formula is C15H12F4. The van der Waals surface area contributed by atoms with E-state index in [9.17, 15) is 17.6 Å². The Hall–Kier alpha value is -1.58. The largest absolute Gasteiger partial charge is 0.203 e. The molecule has 2 bridgehead atoms. The molecule has 4 rings (SSSR count). The van der Waals surface area contributed by atoms with Crippen LogP contribution in [0.1, 0.15) is 37.8 Å². The molecule has 0 aliphatic heterocycles. The van der Waals surface area contributed by atoms with Crippen LogP contribution in [-0.4, -0.2) is 0 Å². The molecule has 0 nitrogen and oxygen atoms in total. The summed E-state index contributed by atoms with van der Waals surface area (Å²) in [5.41, 5.74) is 0.611. The van der Waals surface area contributed by atoms with E-state index in [2.05, 4.69) is 0 Å². The Morgan fingerprint density at radius 2 is 1.32 bits per heavy atom. The van der Waals surface area contributed by atoms with E-state index < -0.39 is 34.6 Å². The van der Waals surface area contributed by atoms with E-state index in [1.807, 2.05) is 0 Å². The smallest absolute Gasteiger partial charge is 0.197 e. The molecule has 1 aromatic rings. The standard InChI is InChI=1S/C15H12F4/c1-6-4-15(3)5-7(2)8(6)9-10(15)12(17)14(19)13(18)11(9)16/h4-5,8H,1-3H3. The van der Waals surface area contributed by atoms with Crippen LogP contribution in [0, 0.1) is 23.3 Å². The average Bonchev–Trinajstić information content (AvgIpc) is 2.31. The monoisotopic (exact) mass is 268 g/mol. The molecule has 0 aromatic heterocycles.